The quantitative estimate of drug-likeness (QED) is 0.195. The molecule has 170 valence electrons. The van der Waals surface area contributed by atoms with Gasteiger partial charge in [-0.15, -0.1) is 10.2 Å². The Kier molecular flexibility index (Phi) is 7.15. The van der Waals surface area contributed by atoms with Crippen LogP contribution in [-0.2, 0) is 4.79 Å². The van der Waals surface area contributed by atoms with Crippen LogP contribution in [0.5, 0.6) is 0 Å². The predicted octanol–water partition coefficient (Wildman–Crippen LogP) is 5.89. The van der Waals surface area contributed by atoms with Crippen LogP contribution >= 0.6 is 23.4 Å². The smallest absolute Gasteiger partial charge is 0.271 e. The average Bonchev–Trinajstić information content (AvgIpc) is 2.86. The maximum Gasteiger partial charge on any atom is 0.271 e. The Morgan fingerprint density at radius 1 is 0.971 bits per heavy atom. The van der Waals surface area contributed by atoms with Crippen LogP contribution in [0.3, 0.4) is 0 Å². The highest BCUT2D eigenvalue weighted by Crippen LogP contribution is 2.31. The minimum absolute atomic E-state index is 0.164. The molecule has 0 saturated heterocycles. The van der Waals surface area contributed by atoms with E-state index in [0.29, 0.717) is 16.5 Å². The molecule has 0 bridgehead atoms. The Bertz CT molecular complexity index is 1340. The van der Waals surface area contributed by atoms with Gasteiger partial charge in [0.05, 0.1) is 20.9 Å². The van der Waals surface area contributed by atoms with Crippen molar-refractivity contribution < 1.29 is 9.72 Å². The molecule has 0 radical (unpaired) electrons. The van der Waals surface area contributed by atoms with Crippen molar-refractivity contribution in [2.45, 2.75) is 17.3 Å². The van der Waals surface area contributed by atoms with Gasteiger partial charge in [-0.1, -0.05) is 84.0 Å². The molecule has 1 unspecified atom stereocenters. The molecular weight excluding hydrogens is 474 g/mol. The molecule has 4 aromatic rings. The fraction of sp³-hybridized carbons (Fsp3) is 0.0833. The molecule has 1 N–H and O–H groups in total. The van der Waals surface area contributed by atoms with Gasteiger partial charge >= 0.3 is 0 Å². The first-order chi connectivity index (χ1) is 16.4. The van der Waals surface area contributed by atoms with E-state index in [9.17, 15) is 14.9 Å². The first kappa shape index (κ1) is 23.3. The summed E-state index contributed by atoms with van der Waals surface area (Å²) in [4.78, 5) is 27.9. The standard InChI is InChI=1S/C24H18ClN5O3S/c1-15(23(31)26-20-14-18(30(32)33)12-13-19(20)25)34-24-27-21(16-8-4-2-5-9-16)22(28-29-24)17-10-6-3-7-11-17/h2-15H,1H3,(H,26,31). The third-order valence-electron chi connectivity index (χ3n) is 4.83. The zero-order chi connectivity index (χ0) is 24.1. The second-order valence-electron chi connectivity index (χ2n) is 7.19. The van der Waals surface area contributed by atoms with Crippen molar-refractivity contribution in [2.24, 2.45) is 0 Å². The van der Waals surface area contributed by atoms with Crippen molar-refractivity contribution in [3.8, 4) is 22.5 Å². The molecule has 3 aromatic carbocycles. The number of hydrogen-bond donors (Lipinski definition) is 1. The highest BCUT2D eigenvalue weighted by Gasteiger charge is 2.21. The van der Waals surface area contributed by atoms with Crippen LogP contribution in [0.25, 0.3) is 22.5 Å². The largest absolute Gasteiger partial charge is 0.324 e. The topological polar surface area (TPSA) is 111 Å². The fourth-order valence-corrected chi connectivity index (χ4v) is 4.00. The van der Waals surface area contributed by atoms with E-state index in [1.807, 2.05) is 60.7 Å². The van der Waals surface area contributed by atoms with Crippen LogP contribution in [0, 0.1) is 10.1 Å². The van der Waals surface area contributed by atoms with Gasteiger partial charge in [0.15, 0.2) is 0 Å². The molecular formula is C24H18ClN5O3S. The van der Waals surface area contributed by atoms with E-state index in [2.05, 4.69) is 15.5 Å². The minimum atomic E-state index is -0.622. The molecule has 1 aromatic heterocycles. The molecule has 1 atom stereocenters. The number of nitro benzene ring substituents is 1. The summed E-state index contributed by atoms with van der Waals surface area (Å²) in [6.07, 6.45) is 0. The van der Waals surface area contributed by atoms with Crippen molar-refractivity contribution in [3.05, 3.63) is 94.0 Å². The van der Waals surface area contributed by atoms with Crippen molar-refractivity contribution >= 4 is 40.6 Å². The molecule has 0 aliphatic heterocycles. The Morgan fingerprint density at radius 3 is 2.21 bits per heavy atom. The molecule has 1 heterocycles. The Morgan fingerprint density at radius 2 is 1.59 bits per heavy atom. The van der Waals surface area contributed by atoms with Crippen molar-refractivity contribution in [1.82, 2.24) is 15.2 Å². The van der Waals surface area contributed by atoms with E-state index in [4.69, 9.17) is 16.6 Å². The summed E-state index contributed by atoms with van der Waals surface area (Å²) < 4.78 is 0. The van der Waals surface area contributed by atoms with Crippen LogP contribution in [0.1, 0.15) is 6.92 Å². The minimum Gasteiger partial charge on any atom is -0.324 e. The van der Waals surface area contributed by atoms with E-state index in [0.717, 1.165) is 22.9 Å². The second-order valence-corrected chi connectivity index (χ2v) is 8.91. The normalized spacial score (nSPS) is 11.6. The zero-order valence-electron chi connectivity index (χ0n) is 17.9. The highest BCUT2D eigenvalue weighted by atomic mass is 35.5. The van der Waals surface area contributed by atoms with Gasteiger partial charge in [0.2, 0.25) is 11.1 Å². The van der Waals surface area contributed by atoms with Crippen LogP contribution in [0.2, 0.25) is 5.02 Å². The molecule has 0 spiro atoms. The predicted molar refractivity (Wildman–Crippen MR) is 133 cm³/mol. The van der Waals surface area contributed by atoms with Crippen molar-refractivity contribution in [1.29, 1.82) is 0 Å². The van der Waals surface area contributed by atoms with Crippen LogP contribution in [0.4, 0.5) is 11.4 Å². The van der Waals surface area contributed by atoms with Crippen LogP contribution in [-0.4, -0.2) is 31.3 Å². The van der Waals surface area contributed by atoms with Gasteiger partial charge < -0.3 is 5.32 Å². The number of carbonyl (C=O) groups is 1. The first-order valence-corrected chi connectivity index (χ1v) is 11.4. The monoisotopic (exact) mass is 491 g/mol. The molecule has 10 heteroatoms. The number of non-ortho nitro benzene ring substituents is 1. The summed E-state index contributed by atoms with van der Waals surface area (Å²) in [6.45, 7) is 1.68. The Hall–Kier alpha value is -3.82. The lowest BCUT2D eigenvalue weighted by Gasteiger charge is -2.13. The van der Waals surface area contributed by atoms with Crippen molar-refractivity contribution in [3.63, 3.8) is 0 Å². The number of aromatic nitrogens is 3. The van der Waals surface area contributed by atoms with Gasteiger partial charge in [-0.05, 0) is 13.0 Å². The van der Waals surface area contributed by atoms with Crippen LogP contribution < -0.4 is 5.32 Å². The molecule has 34 heavy (non-hydrogen) atoms. The number of hydrogen-bond acceptors (Lipinski definition) is 7. The average molecular weight is 492 g/mol. The molecule has 0 fully saturated rings. The summed E-state index contributed by atoms with van der Waals surface area (Å²) in [6, 6.07) is 23.1. The summed E-state index contributed by atoms with van der Waals surface area (Å²) >= 11 is 7.22. The van der Waals surface area contributed by atoms with Gasteiger partial charge in [-0.25, -0.2) is 4.98 Å². The molecule has 4 rings (SSSR count). The number of carbonyl (C=O) groups excluding carboxylic acids is 1. The SMILES string of the molecule is CC(Sc1nnc(-c2ccccc2)c(-c2ccccc2)n1)C(=O)Nc1cc([N+](=O)[O-])ccc1Cl. The maximum absolute atomic E-state index is 12.8. The molecule has 0 saturated carbocycles. The lowest BCUT2D eigenvalue weighted by Crippen LogP contribution is -2.23. The summed E-state index contributed by atoms with van der Waals surface area (Å²) in [5, 5.41) is 22.2. The summed E-state index contributed by atoms with van der Waals surface area (Å²) in [7, 11) is 0. The van der Waals surface area contributed by atoms with E-state index >= 15 is 0 Å². The zero-order valence-corrected chi connectivity index (χ0v) is 19.5. The number of rotatable bonds is 7. The number of nitro groups is 1. The Balaban J connectivity index is 1.59. The number of benzene rings is 3. The molecule has 1 amide bonds. The van der Waals surface area contributed by atoms with E-state index in [1.54, 1.807) is 6.92 Å². The second kappa shape index (κ2) is 10.4. The number of nitrogens with zero attached hydrogens (tertiary/aromatic N) is 4. The number of thioether (sulfide) groups is 1. The van der Waals surface area contributed by atoms with Crippen molar-refractivity contribution in [2.75, 3.05) is 5.32 Å². The van der Waals surface area contributed by atoms with Gasteiger partial charge in [-0.3, -0.25) is 14.9 Å². The molecule has 8 nitrogen and oxygen atoms in total. The van der Waals surface area contributed by atoms with E-state index in [-0.39, 0.29) is 16.4 Å². The third kappa shape index (κ3) is 5.38. The summed E-state index contributed by atoms with van der Waals surface area (Å²) in [5.41, 5.74) is 3.03. The lowest BCUT2D eigenvalue weighted by atomic mass is 10.0. The Labute approximate surface area is 204 Å². The number of halogens is 1. The van der Waals surface area contributed by atoms with E-state index in [1.165, 1.54) is 18.2 Å². The van der Waals surface area contributed by atoms with Gasteiger partial charge in [0.25, 0.3) is 5.69 Å². The highest BCUT2D eigenvalue weighted by molar-refractivity contribution is 8.00. The van der Waals surface area contributed by atoms with Gasteiger partial charge in [0, 0.05) is 23.3 Å². The van der Waals surface area contributed by atoms with Crippen LogP contribution in [0.15, 0.2) is 84.0 Å². The lowest BCUT2D eigenvalue weighted by molar-refractivity contribution is -0.384. The van der Waals surface area contributed by atoms with Gasteiger partial charge in [0.1, 0.15) is 11.4 Å². The summed E-state index contributed by atoms with van der Waals surface area (Å²) in [5.74, 6) is -0.399. The number of amides is 1. The first-order valence-electron chi connectivity index (χ1n) is 10.2. The number of anilines is 1. The van der Waals surface area contributed by atoms with Gasteiger partial charge in [-0.2, -0.15) is 0 Å². The maximum atomic E-state index is 12.8. The van der Waals surface area contributed by atoms with E-state index < -0.39 is 16.1 Å². The number of nitrogens with one attached hydrogen (secondary N) is 1. The third-order valence-corrected chi connectivity index (χ3v) is 6.11. The molecule has 0 aliphatic carbocycles. The fourth-order valence-electron chi connectivity index (χ4n) is 3.12. The molecule has 0 aliphatic rings.